The Labute approximate surface area is 107 Å². The Bertz CT molecular complexity index is 748. The molecule has 0 atom stereocenters. The number of hydrogen-bond donors (Lipinski definition) is 1. The first-order valence-corrected chi connectivity index (χ1v) is 6.29. The summed E-state index contributed by atoms with van der Waals surface area (Å²) in [5.41, 5.74) is 3.00. The maximum absolute atomic E-state index is 11.0. The third-order valence-electron chi connectivity index (χ3n) is 3.00. The molecule has 1 N–H and O–H groups in total. The zero-order valence-corrected chi connectivity index (χ0v) is 10.7. The lowest BCUT2D eigenvalue weighted by Crippen LogP contribution is -1.96. The Hall–Kier alpha value is -2.01. The standard InChI is InChI=1S/C13H10N2O2S/c1-6-11-7(2)18-10-4-3-8(13(16)17)5-9(10)12(11)15-14-6/h3-5H,1-2H3,(H,16,17). The molecular weight excluding hydrogens is 248 g/mol. The molecule has 0 fully saturated rings. The molecule has 0 radical (unpaired) electrons. The zero-order chi connectivity index (χ0) is 12.9. The summed E-state index contributed by atoms with van der Waals surface area (Å²) in [6.07, 6.45) is 0. The van der Waals surface area contributed by atoms with Crippen LogP contribution in [0.2, 0.25) is 0 Å². The number of carboxylic acid groups (broad SMARTS) is 1. The first kappa shape index (κ1) is 11.1. The van der Waals surface area contributed by atoms with Gasteiger partial charge in [0.2, 0.25) is 0 Å². The molecule has 0 saturated carbocycles. The number of carbonyl (C=O) groups is 1. The normalized spacial score (nSPS) is 11.2. The van der Waals surface area contributed by atoms with Crippen LogP contribution in [0.1, 0.15) is 20.9 Å². The van der Waals surface area contributed by atoms with E-state index in [0.29, 0.717) is 0 Å². The van der Waals surface area contributed by atoms with Gasteiger partial charge >= 0.3 is 5.97 Å². The molecule has 1 aromatic rings. The molecule has 18 heavy (non-hydrogen) atoms. The fourth-order valence-corrected chi connectivity index (χ4v) is 3.24. The summed E-state index contributed by atoms with van der Waals surface area (Å²) in [6.45, 7) is 3.95. The average molecular weight is 258 g/mol. The highest BCUT2D eigenvalue weighted by Crippen LogP contribution is 2.38. The minimum Gasteiger partial charge on any atom is -0.478 e. The number of benzene rings is 1. The van der Waals surface area contributed by atoms with Crippen molar-refractivity contribution in [3.8, 4) is 11.3 Å². The van der Waals surface area contributed by atoms with E-state index in [4.69, 9.17) is 5.11 Å². The Morgan fingerprint density at radius 1 is 1.28 bits per heavy atom. The van der Waals surface area contributed by atoms with Crippen LogP contribution < -0.4 is 0 Å². The molecule has 0 bridgehead atoms. The highest BCUT2D eigenvalue weighted by atomic mass is 32.1. The molecule has 0 unspecified atom stereocenters. The lowest BCUT2D eigenvalue weighted by atomic mass is 10.1. The number of aromatic nitrogens is 2. The van der Waals surface area contributed by atoms with Crippen molar-refractivity contribution >= 4 is 27.4 Å². The van der Waals surface area contributed by atoms with Crippen molar-refractivity contribution in [1.29, 1.82) is 0 Å². The smallest absolute Gasteiger partial charge is 0.335 e. The number of hydrogen-bond acceptors (Lipinski definition) is 4. The van der Waals surface area contributed by atoms with E-state index < -0.39 is 5.97 Å². The number of nitrogens with zero attached hydrogens (tertiary/aromatic N) is 2. The van der Waals surface area contributed by atoms with Crippen molar-refractivity contribution in [2.75, 3.05) is 0 Å². The average Bonchev–Trinajstić information content (AvgIpc) is 2.72. The van der Waals surface area contributed by atoms with Gasteiger partial charge in [-0.25, -0.2) is 4.79 Å². The fourth-order valence-electron chi connectivity index (χ4n) is 2.16. The summed E-state index contributed by atoms with van der Waals surface area (Å²) in [5.74, 6) is -0.924. The van der Waals surface area contributed by atoms with Gasteiger partial charge in [0.15, 0.2) is 0 Å². The third-order valence-corrected chi connectivity index (χ3v) is 4.08. The highest BCUT2D eigenvalue weighted by Gasteiger charge is 2.18. The second kappa shape index (κ2) is 3.74. The van der Waals surface area contributed by atoms with Gasteiger partial charge < -0.3 is 5.11 Å². The molecule has 1 aromatic carbocycles. The van der Waals surface area contributed by atoms with Crippen molar-refractivity contribution < 1.29 is 9.90 Å². The summed E-state index contributed by atoms with van der Waals surface area (Å²) in [7, 11) is 0. The number of fused-ring (bicyclic) bond motifs is 3. The molecule has 2 aliphatic heterocycles. The maximum atomic E-state index is 11.0. The summed E-state index contributed by atoms with van der Waals surface area (Å²) in [6, 6.07) is 5.12. The predicted molar refractivity (Wildman–Crippen MR) is 70.5 cm³/mol. The van der Waals surface area contributed by atoms with Crippen LogP contribution in [0.25, 0.3) is 21.3 Å². The number of aromatic carboxylic acids is 1. The molecule has 2 heterocycles. The lowest BCUT2D eigenvalue weighted by Gasteiger charge is -2.07. The van der Waals surface area contributed by atoms with Crippen LogP contribution in [0.5, 0.6) is 0 Å². The summed E-state index contributed by atoms with van der Waals surface area (Å²) in [5, 5.41) is 18.2. The van der Waals surface area contributed by atoms with E-state index in [9.17, 15) is 4.79 Å². The summed E-state index contributed by atoms with van der Waals surface area (Å²) >= 11 is 1.64. The Kier molecular flexibility index (Phi) is 2.31. The minimum absolute atomic E-state index is 0.278. The molecule has 0 aliphatic carbocycles. The van der Waals surface area contributed by atoms with E-state index in [-0.39, 0.29) is 5.56 Å². The van der Waals surface area contributed by atoms with E-state index in [2.05, 4.69) is 10.2 Å². The second-order valence-electron chi connectivity index (χ2n) is 4.18. The van der Waals surface area contributed by atoms with Crippen LogP contribution in [-0.2, 0) is 0 Å². The van der Waals surface area contributed by atoms with Crippen molar-refractivity contribution in [3.63, 3.8) is 0 Å². The molecule has 0 aromatic heterocycles. The predicted octanol–water partition coefficient (Wildman–Crippen LogP) is 3.11. The molecule has 0 saturated heterocycles. The van der Waals surface area contributed by atoms with Crippen LogP contribution in [0.4, 0.5) is 0 Å². The largest absolute Gasteiger partial charge is 0.478 e. The monoisotopic (exact) mass is 258 g/mol. The van der Waals surface area contributed by atoms with Gasteiger partial charge in [0.25, 0.3) is 0 Å². The van der Waals surface area contributed by atoms with Gasteiger partial charge in [-0.15, -0.1) is 16.4 Å². The fraction of sp³-hybridized carbons (Fsp3) is 0.154. The van der Waals surface area contributed by atoms with Crippen LogP contribution in [0, 0.1) is 13.8 Å². The van der Waals surface area contributed by atoms with Crippen molar-refractivity contribution in [1.82, 2.24) is 10.2 Å². The molecule has 4 nitrogen and oxygen atoms in total. The van der Waals surface area contributed by atoms with Gasteiger partial charge in [0.1, 0.15) is 5.69 Å². The summed E-state index contributed by atoms with van der Waals surface area (Å²) < 4.78 is 1.03. The van der Waals surface area contributed by atoms with Gasteiger partial charge in [-0.05, 0) is 32.0 Å². The highest BCUT2D eigenvalue weighted by molar-refractivity contribution is 7.18. The zero-order valence-electron chi connectivity index (χ0n) is 9.89. The van der Waals surface area contributed by atoms with E-state index in [1.54, 1.807) is 23.5 Å². The number of carboxylic acids is 1. The van der Waals surface area contributed by atoms with E-state index in [0.717, 1.165) is 31.9 Å². The Morgan fingerprint density at radius 2 is 2.06 bits per heavy atom. The maximum Gasteiger partial charge on any atom is 0.335 e. The first-order chi connectivity index (χ1) is 8.58. The molecule has 0 amide bonds. The lowest BCUT2D eigenvalue weighted by molar-refractivity contribution is 0.0697. The van der Waals surface area contributed by atoms with E-state index in [1.807, 2.05) is 19.9 Å². The number of aryl methyl sites for hydroxylation is 2. The molecule has 5 heteroatoms. The van der Waals surface area contributed by atoms with Gasteiger partial charge in [0.05, 0.1) is 11.3 Å². The van der Waals surface area contributed by atoms with Gasteiger partial charge in [-0.1, -0.05) is 0 Å². The Morgan fingerprint density at radius 3 is 2.78 bits per heavy atom. The topological polar surface area (TPSA) is 63.1 Å². The van der Waals surface area contributed by atoms with Gasteiger partial charge in [0, 0.05) is 20.5 Å². The van der Waals surface area contributed by atoms with E-state index >= 15 is 0 Å². The molecule has 0 spiro atoms. The van der Waals surface area contributed by atoms with Crippen molar-refractivity contribution in [3.05, 3.63) is 34.3 Å². The van der Waals surface area contributed by atoms with Gasteiger partial charge in [-0.3, -0.25) is 0 Å². The number of rotatable bonds is 1. The first-order valence-electron chi connectivity index (χ1n) is 5.47. The van der Waals surface area contributed by atoms with Crippen LogP contribution >= 0.6 is 11.3 Å². The minimum atomic E-state index is -0.924. The van der Waals surface area contributed by atoms with Gasteiger partial charge in [-0.2, -0.15) is 5.10 Å². The van der Waals surface area contributed by atoms with E-state index in [1.165, 1.54) is 0 Å². The summed E-state index contributed by atoms with van der Waals surface area (Å²) in [4.78, 5) is 12.2. The third kappa shape index (κ3) is 1.48. The second-order valence-corrected chi connectivity index (χ2v) is 5.44. The van der Waals surface area contributed by atoms with Crippen molar-refractivity contribution in [2.24, 2.45) is 0 Å². The SMILES string of the molecule is Cc1nnc2c3cc(C(=O)O)ccc3sc(C)c1-2. The van der Waals surface area contributed by atoms with Crippen LogP contribution in [0.3, 0.4) is 0 Å². The van der Waals surface area contributed by atoms with Crippen molar-refractivity contribution in [2.45, 2.75) is 13.8 Å². The quantitative estimate of drug-likeness (QED) is 0.728. The van der Waals surface area contributed by atoms with Crippen LogP contribution in [-0.4, -0.2) is 21.3 Å². The molecular formula is C13H10N2O2S. The molecule has 2 aliphatic rings. The molecule has 3 rings (SSSR count). The van der Waals surface area contributed by atoms with Crippen LogP contribution in [0.15, 0.2) is 18.2 Å². The molecule has 90 valence electrons. The Balaban J connectivity index is 2.44.